The second-order valence-electron chi connectivity index (χ2n) is 5.72. The summed E-state index contributed by atoms with van der Waals surface area (Å²) in [5, 5.41) is 0. The largest absolute Gasteiger partial charge is 0.378 e. The first-order valence-corrected chi connectivity index (χ1v) is 8.42. The van der Waals surface area contributed by atoms with E-state index in [0.717, 1.165) is 26.2 Å². The van der Waals surface area contributed by atoms with E-state index >= 15 is 0 Å². The molecule has 2 rings (SSSR count). The number of hydrogen-bond donors (Lipinski definition) is 1. The monoisotopic (exact) mass is 346 g/mol. The lowest BCUT2D eigenvalue weighted by atomic mass is 9.94. The molecule has 2 unspecified atom stereocenters. The maximum atomic E-state index is 6.42. The van der Waals surface area contributed by atoms with Gasteiger partial charge in [-0.25, -0.2) is 0 Å². The topological polar surface area (TPSA) is 38.5 Å². The molecule has 0 saturated carbocycles. The Kier molecular flexibility index (Phi) is 5.06. The van der Waals surface area contributed by atoms with Crippen LogP contribution < -0.4 is 5.73 Å². The van der Waals surface area contributed by atoms with Gasteiger partial charge in [0.1, 0.15) is 0 Å². The Morgan fingerprint density at radius 2 is 2.26 bits per heavy atom. The van der Waals surface area contributed by atoms with Gasteiger partial charge in [0.05, 0.1) is 23.0 Å². The van der Waals surface area contributed by atoms with E-state index in [4.69, 9.17) is 10.5 Å². The van der Waals surface area contributed by atoms with E-state index in [1.54, 1.807) is 11.3 Å². The lowest BCUT2D eigenvalue weighted by Crippen LogP contribution is -2.57. The van der Waals surface area contributed by atoms with E-state index in [1.807, 2.05) is 0 Å². The smallest absolute Gasteiger partial charge is 0.0702 e. The summed E-state index contributed by atoms with van der Waals surface area (Å²) in [6.45, 7) is 9.15. The van der Waals surface area contributed by atoms with Gasteiger partial charge in [-0.05, 0) is 48.3 Å². The summed E-state index contributed by atoms with van der Waals surface area (Å²) in [7, 11) is 0. The molecule has 5 heteroatoms. The summed E-state index contributed by atoms with van der Waals surface area (Å²) >= 11 is 5.35. The molecule has 1 aliphatic rings. The van der Waals surface area contributed by atoms with Gasteiger partial charge in [0.15, 0.2) is 0 Å². The maximum absolute atomic E-state index is 6.42. The molecule has 108 valence electrons. The van der Waals surface area contributed by atoms with Crippen LogP contribution in [0.25, 0.3) is 0 Å². The Balaban J connectivity index is 2.32. The van der Waals surface area contributed by atoms with Crippen molar-refractivity contribution in [3.8, 4) is 0 Å². The minimum Gasteiger partial charge on any atom is -0.378 e. The Labute approximate surface area is 128 Å². The molecular weight excluding hydrogens is 324 g/mol. The second-order valence-corrected chi connectivity index (χ2v) is 8.21. The van der Waals surface area contributed by atoms with Crippen LogP contribution in [0.3, 0.4) is 0 Å². The van der Waals surface area contributed by atoms with E-state index in [1.165, 1.54) is 8.66 Å². The molecule has 0 radical (unpaired) electrons. The van der Waals surface area contributed by atoms with Gasteiger partial charge < -0.3 is 10.5 Å². The summed E-state index contributed by atoms with van der Waals surface area (Å²) in [6.07, 6.45) is 0.980. The quantitative estimate of drug-likeness (QED) is 0.907. The average molecular weight is 347 g/mol. The van der Waals surface area contributed by atoms with E-state index < -0.39 is 0 Å². The van der Waals surface area contributed by atoms with Gasteiger partial charge in [0.2, 0.25) is 0 Å². The normalized spacial score (nSPS) is 23.2. The van der Waals surface area contributed by atoms with Crippen molar-refractivity contribution < 1.29 is 4.74 Å². The molecule has 2 N–H and O–H groups in total. The molecular formula is C14H23BrN2OS. The molecule has 2 atom stereocenters. The standard InChI is InChI=1S/C14H23BrN2OS/c1-4-10(16)13(11-5-6-12(15)19-11)17-7-8-18-9-14(17,2)3/h5-6,10,13H,4,7-9,16H2,1-3H3. The molecule has 1 fully saturated rings. The predicted molar refractivity (Wildman–Crippen MR) is 84.6 cm³/mol. The summed E-state index contributed by atoms with van der Waals surface area (Å²) in [5.74, 6) is 0. The van der Waals surface area contributed by atoms with Crippen molar-refractivity contribution in [2.75, 3.05) is 19.8 Å². The highest BCUT2D eigenvalue weighted by molar-refractivity contribution is 9.11. The highest BCUT2D eigenvalue weighted by Crippen LogP contribution is 2.37. The summed E-state index contributed by atoms with van der Waals surface area (Å²) < 4.78 is 6.80. The van der Waals surface area contributed by atoms with Crippen LogP contribution in [0.5, 0.6) is 0 Å². The number of ether oxygens (including phenoxy) is 1. The fourth-order valence-corrected chi connectivity index (χ4v) is 4.31. The van der Waals surface area contributed by atoms with E-state index in [-0.39, 0.29) is 17.6 Å². The van der Waals surface area contributed by atoms with Crippen molar-refractivity contribution in [3.05, 3.63) is 20.8 Å². The van der Waals surface area contributed by atoms with Crippen LogP contribution >= 0.6 is 27.3 Å². The molecule has 3 nitrogen and oxygen atoms in total. The van der Waals surface area contributed by atoms with Crippen LogP contribution in [0, 0.1) is 0 Å². The van der Waals surface area contributed by atoms with Crippen LogP contribution in [-0.2, 0) is 4.74 Å². The predicted octanol–water partition coefficient (Wildman–Crippen LogP) is 3.40. The van der Waals surface area contributed by atoms with E-state index in [2.05, 4.69) is 53.7 Å². The molecule has 0 aliphatic carbocycles. The molecule has 19 heavy (non-hydrogen) atoms. The first kappa shape index (κ1) is 15.4. The third-order valence-corrected chi connectivity index (χ3v) is 5.50. The van der Waals surface area contributed by atoms with Crippen molar-refractivity contribution in [1.29, 1.82) is 0 Å². The zero-order chi connectivity index (χ0) is 14.0. The van der Waals surface area contributed by atoms with Gasteiger partial charge in [-0.15, -0.1) is 11.3 Å². The lowest BCUT2D eigenvalue weighted by molar-refractivity contribution is -0.0770. The Morgan fingerprint density at radius 3 is 2.79 bits per heavy atom. The number of thiophene rings is 1. The Morgan fingerprint density at radius 1 is 1.53 bits per heavy atom. The zero-order valence-electron chi connectivity index (χ0n) is 11.9. The minimum absolute atomic E-state index is 0.0339. The van der Waals surface area contributed by atoms with Crippen LogP contribution in [0.1, 0.15) is 38.1 Å². The molecule has 0 spiro atoms. The average Bonchev–Trinajstić information content (AvgIpc) is 2.77. The first-order valence-electron chi connectivity index (χ1n) is 6.81. The number of halogens is 1. The minimum atomic E-state index is 0.0339. The van der Waals surface area contributed by atoms with Gasteiger partial charge in [-0.3, -0.25) is 4.90 Å². The van der Waals surface area contributed by atoms with Gasteiger partial charge in [0, 0.05) is 23.0 Å². The molecule has 2 heterocycles. The summed E-state index contributed by atoms with van der Waals surface area (Å²) in [4.78, 5) is 3.86. The molecule has 0 aromatic carbocycles. The molecule has 1 aromatic heterocycles. The fraction of sp³-hybridized carbons (Fsp3) is 0.714. The lowest BCUT2D eigenvalue weighted by Gasteiger charge is -2.48. The number of hydrogen-bond acceptors (Lipinski definition) is 4. The van der Waals surface area contributed by atoms with Crippen LogP contribution in [0.15, 0.2) is 15.9 Å². The molecule has 1 saturated heterocycles. The van der Waals surface area contributed by atoms with E-state index in [0.29, 0.717) is 0 Å². The second kappa shape index (κ2) is 6.22. The van der Waals surface area contributed by atoms with Crippen molar-refractivity contribution in [1.82, 2.24) is 4.90 Å². The molecule has 1 aliphatic heterocycles. The first-order chi connectivity index (χ1) is 8.95. The number of nitrogens with two attached hydrogens (primary N) is 1. The van der Waals surface area contributed by atoms with Crippen molar-refractivity contribution in [2.45, 2.75) is 44.8 Å². The highest BCUT2D eigenvalue weighted by Gasteiger charge is 2.38. The zero-order valence-corrected chi connectivity index (χ0v) is 14.3. The summed E-state index contributed by atoms with van der Waals surface area (Å²) in [5.41, 5.74) is 6.45. The fourth-order valence-electron chi connectivity index (χ4n) is 2.69. The third kappa shape index (κ3) is 3.39. The Bertz CT molecular complexity index is 421. The molecule has 0 amide bonds. The van der Waals surface area contributed by atoms with Crippen LogP contribution in [0.4, 0.5) is 0 Å². The van der Waals surface area contributed by atoms with Crippen molar-refractivity contribution in [3.63, 3.8) is 0 Å². The van der Waals surface area contributed by atoms with Gasteiger partial charge in [-0.1, -0.05) is 6.92 Å². The summed E-state index contributed by atoms with van der Waals surface area (Å²) in [6, 6.07) is 4.74. The maximum Gasteiger partial charge on any atom is 0.0702 e. The SMILES string of the molecule is CCC(N)C(c1ccc(Br)s1)N1CCOCC1(C)C. The van der Waals surface area contributed by atoms with Gasteiger partial charge in [0.25, 0.3) is 0 Å². The Hall–Kier alpha value is 0.0600. The molecule has 0 bridgehead atoms. The number of nitrogens with zero attached hydrogens (tertiary/aromatic N) is 1. The van der Waals surface area contributed by atoms with Crippen molar-refractivity contribution in [2.24, 2.45) is 5.73 Å². The number of morpholine rings is 1. The van der Waals surface area contributed by atoms with Crippen molar-refractivity contribution >= 4 is 27.3 Å². The van der Waals surface area contributed by atoms with Crippen LogP contribution in [0.2, 0.25) is 0 Å². The highest BCUT2D eigenvalue weighted by atomic mass is 79.9. The van der Waals surface area contributed by atoms with Crippen LogP contribution in [-0.4, -0.2) is 36.2 Å². The van der Waals surface area contributed by atoms with Gasteiger partial charge in [-0.2, -0.15) is 0 Å². The molecule has 1 aromatic rings. The van der Waals surface area contributed by atoms with Gasteiger partial charge >= 0.3 is 0 Å². The third-order valence-electron chi connectivity index (χ3n) is 3.81. The van der Waals surface area contributed by atoms with E-state index in [9.17, 15) is 0 Å². The number of rotatable bonds is 4.